The Morgan fingerprint density at radius 2 is 1.68 bits per heavy atom. The lowest BCUT2D eigenvalue weighted by atomic mass is 9.73. The Balaban J connectivity index is 2.00. The summed E-state index contributed by atoms with van der Waals surface area (Å²) in [5.74, 6) is -0.0175. The summed E-state index contributed by atoms with van der Waals surface area (Å²) in [4.78, 5) is 25.7. The normalized spacial score (nSPS) is 18.2. The van der Waals surface area contributed by atoms with Gasteiger partial charge in [-0.15, -0.1) is 0 Å². The summed E-state index contributed by atoms with van der Waals surface area (Å²) in [6.45, 7) is 4.45. The Hall–Kier alpha value is -3.28. The average molecular weight is 424 g/mol. The van der Waals surface area contributed by atoms with Gasteiger partial charge in [-0.3, -0.25) is 9.59 Å². The van der Waals surface area contributed by atoms with E-state index < -0.39 is 11.9 Å². The molecule has 0 fully saturated rings. The van der Waals surface area contributed by atoms with Crippen molar-refractivity contribution in [3.8, 4) is 17.2 Å². The maximum Gasteiger partial charge on any atom is 0.317 e. The van der Waals surface area contributed by atoms with Crippen LogP contribution in [0.3, 0.4) is 0 Å². The van der Waals surface area contributed by atoms with E-state index in [1.54, 1.807) is 27.2 Å². The number of benzene rings is 2. The van der Waals surface area contributed by atoms with E-state index in [4.69, 9.17) is 18.9 Å². The van der Waals surface area contributed by atoms with Crippen molar-refractivity contribution in [2.45, 2.75) is 26.2 Å². The monoisotopic (exact) mass is 424 g/mol. The first-order chi connectivity index (χ1) is 15.0. The summed E-state index contributed by atoms with van der Waals surface area (Å²) in [5, 5.41) is 0. The van der Waals surface area contributed by atoms with Gasteiger partial charge in [-0.25, -0.2) is 0 Å². The van der Waals surface area contributed by atoms with Crippen LogP contribution in [0.15, 0.2) is 48.5 Å². The van der Waals surface area contributed by atoms with Gasteiger partial charge >= 0.3 is 5.97 Å². The second-order valence-corrected chi connectivity index (χ2v) is 7.18. The lowest BCUT2D eigenvalue weighted by molar-refractivity contribution is -0.151. The predicted octanol–water partition coefficient (Wildman–Crippen LogP) is 4.42. The van der Waals surface area contributed by atoms with Gasteiger partial charge in [0.05, 0.1) is 27.4 Å². The van der Waals surface area contributed by atoms with Crippen LogP contribution in [-0.2, 0) is 14.3 Å². The quantitative estimate of drug-likeness (QED) is 0.461. The number of esters is 1. The highest BCUT2D eigenvalue weighted by Gasteiger charge is 2.39. The van der Waals surface area contributed by atoms with Crippen molar-refractivity contribution in [1.29, 1.82) is 0 Å². The summed E-state index contributed by atoms with van der Waals surface area (Å²) in [7, 11) is 3.15. The van der Waals surface area contributed by atoms with Crippen LogP contribution in [0.25, 0.3) is 5.57 Å². The van der Waals surface area contributed by atoms with E-state index in [0.717, 1.165) is 22.4 Å². The van der Waals surface area contributed by atoms with Crippen molar-refractivity contribution >= 4 is 17.3 Å². The standard InChI is InChI=1S/C25H28O6/c1-5-30-19-10-7-16(8-11-19)20-13-18(14-21(26)24(20)25(27)31-6-2)17-9-12-22(28-3)23(15-17)29-4/h7-12,14-15,20,24H,5-6,13H2,1-4H3/t20-,24+/m1/s1. The molecule has 1 aliphatic carbocycles. The highest BCUT2D eigenvalue weighted by molar-refractivity contribution is 6.10. The first-order valence-electron chi connectivity index (χ1n) is 10.4. The van der Waals surface area contributed by atoms with Crippen molar-refractivity contribution in [3.05, 3.63) is 59.7 Å². The molecular formula is C25H28O6. The van der Waals surface area contributed by atoms with Gasteiger partial charge < -0.3 is 18.9 Å². The SMILES string of the molecule is CCOC(=O)[C@@H]1C(=O)C=C(c2ccc(OC)c(OC)c2)C[C@@H]1c1ccc(OCC)cc1. The lowest BCUT2D eigenvalue weighted by Crippen LogP contribution is -2.34. The third-order valence-corrected chi connectivity index (χ3v) is 5.38. The fourth-order valence-corrected chi connectivity index (χ4v) is 3.91. The maximum atomic E-state index is 13.1. The third kappa shape index (κ3) is 4.90. The van der Waals surface area contributed by atoms with Gasteiger partial charge in [0.25, 0.3) is 0 Å². The van der Waals surface area contributed by atoms with E-state index in [9.17, 15) is 9.59 Å². The average Bonchev–Trinajstić information content (AvgIpc) is 2.78. The molecule has 0 radical (unpaired) electrons. The molecule has 0 heterocycles. The number of rotatable bonds is 8. The molecule has 6 nitrogen and oxygen atoms in total. The zero-order valence-electron chi connectivity index (χ0n) is 18.3. The van der Waals surface area contributed by atoms with Crippen molar-refractivity contribution < 1.29 is 28.5 Å². The van der Waals surface area contributed by atoms with Crippen LogP contribution >= 0.6 is 0 Å². The number of ether oxygens (including phenoxy) is 4. The predicted molar refractivity (Wildman–Crippen MR) is 118 cm³/mol. The van der Waals surface area contributed by atoms with Gasteiger partial charge in [0.15, 0.2) is 17.3 Å². The third-order valence-electron chi connectivity index (χ3n) is 5.38. The smallest absolute Gasteiger partial charge is 0.317 e. The summed E-state index contributed by atoms with van der Waals surface area (Å²) in [5.41, 5.74) is 2.58. The molecule has 2 aromatic carbocycles. The number of hydrogen-bond acceptors (Lipinski definition) is 6. The second kappa shape index (κ2) is 10.2. The van der Waals surface area contributed by atoms with Crippen molar-refractivity contribution in [3.63, 3.8) is 0 Å². The van der Waals surface area contributed by atoms with Crippen LogP contribution in [0.2, 0.25) is 0 Å². The minimum absolute atomic E-state index is 0.227. The van der Waals surface area contributed by atoms with E-state index in [-0.39, 0.29) is 18.3 Å². The molecule has 0 amide bonds. The Morgan fingerprint density at radius 1 is 0.968 bits per heavy atom. The molecule has 2 aromatic rings. The minimum Gasteiger partial charge on any atom is -0.494 e. The van der Waals surface area contributed by atoms with Crippen molar-refractivity contribution in [2.24, 2.45) is 5.92 Å². The van der Waals surface area contributed by atoms with Crippen LogP contribution in [-0.4, -0.2) is 39.2 Å². The zero-order valence-corrected chi connectivity index (χ0v) is 18.3. The van der Waals surface area contributed by atoms with Crippen LogP contribution in [0.1, 0.15) is 37.3 Å². The fourth-order valence-electron chi connectivity index (χ4n) is 3.91. The van der Waals surface area contributed by atoms with Gasteiger partial charge in [-0.2, -0.15) is 0 Å². The Bertz CT molecular complexity index is 960. The van der Waals surface area contributed by atoms with E-state index >= 15 is 0 Å². The number of allylic oxidation sites excluding steroid dienone is 2. The maximum absolute atomic E-state index is 13.1. The molecular weight excluding hydrogens is 396 g/mol. The minimum atomic E-state index is -0.873. The summed E-state index contributed by atoms with van der Waals surface area (Å²) in [6.07, 6.45) is 2.06. The highest BCUT2D eigenvalue weighted by atomic mass is 16.5. The van der Waals surface area contributed by atoms with E-state index in [2.05, 4.69) is 0 Å². The number of hydrogen-bond donors (Lipinski definition) is 0. The second-order valence-electron chi connectivity index (χ2n) is 7.18. The van der Waals surface area contributed by atoms with Gasteiger partial charge in [0, 0.05) is 5.92 Å². The van der Waals surface area contributed by atoms with Crippen molar-refractivity contribution in [2.75, 3.05) is 27.4 Å². The van der Waals surface area contributed by atoms with Gasteiger partial charge in [-0.05, 0) is 67.3 Å². The lowest BCUT2D eigenvalue weighted by Gasteiger charge is -2.29. The molecule has 0 unspecified atom stereocenters. The molecule has 0 aliphatic heterocycles. The molecule has 6 heteroatoms. The van der Waals surface area contributed by atoms with Crippen LogP contribution < -0.4 is 14.2 Å². The summed E-state index contributed by atoms with van der Waals surface area (Å²) < 4.78 is 21.5. The summed E-state index contributed by atoms with van der Waals surface area (Å²) in [6, 6.07) is 13.1. The molecule has 2 atom stereocenters. The first kappa shape index (κ1) is 22.4. The largest absolute Gasteiger partial charge is 0.494 e. The van der Waals surface area contributed by atoms with Crippen LogP contribution in [0, 0.1) is 5.92 Å². The molecule has 0 bridgehead atoms. The molecule has 0 N–H and O–H groups in total. The molecule has 0 aromatic heterocycles. The van der Waals surface area contributed by atoms with E-state index in [1.165, 1.54) is 0 Å². The van der Waals surface area contributed by atoms with Gasteiger partial charge in [0.1, 0.15) is 11.7 Å². The van der Waals surface area contributed by atoms with E-state index in [1.807, 2.05) is 49.4 Å². The van der Waals surface area contributed by atoms with E-state index in [0.29, 0.717) is 24.5 Å². The highest BCUT2D eigenvalue weighted by Crippen LogP contribution is 2.42. The number of carbonyl (C=O) groups is 2. The topological polar surface area (TPSA) is 71.1 Å². The van der Waals surface area contributed by atoms with Crippen molar-refractivity contribution in [1.82, 2.24) is 0 Å². The Labute approximate surface area is 182 Å². The number of methoxy groups -OCH3 is 2. The molecule has 1 aliphatic rings. The van der Waals surface area contributed by atoms with Gasteiger partial charge in [-0.1, -0.05) is 18.2 Å². The molecule has 164 valence electrons. The molecule has 0 spiro atoms. The molecule has 3 rings (SSSR count). The molecule has 0 saturated heterocycles. The first-order valence-corrected chi connectivity index (χ1v) is 10.4. The van der Waals surface area contributed by atoms with Crippen LogP contribution in [0.5, 0.6) is 17.2 Å². The fraction of sp³-hybridized carbons (Fsp3) is 0.360. The Kier molecular flexibility index (Phi) is 7.34. The zero-order chi connectivity index (χ0) is 22.4. The Morgan fingerprint density at radius 3 is 2.29 bits per heavy atom. The summed E-state index contributed by atoms with van der Waals surface area (Å²) >= 11 is 0. The number of carbonyl (C=O) groups excluding carboxylic acids is 2. The molecule has 31 heavy (non-hydrogen) atoms. The molecule has 0 saturated carbocycles. The number of ketones is 1. The van der Waals surface area contributed by atoms with Gasteiger partial charge in [0.2, 0.25) is 0 Å². The van der Waals surface area contributed by atoms with Crippen LogP contribution in [0.4, 0.5) is 0 Å².